The summed E-state index contributed by atoms with van der Waals surface area (Å²) >= 11 is 0. The van der Waals surface area contributed by atoms with Crippen LogP contribution in [-0.2, 0) is 4.79 Å². The zero-order valence-electron chi connectivity index (χ0n) is 10.8. The summed E-state index contributed by atoms with van der Waals surface area (Å²) in [6.45, 7) is 7.74. The van der Waals surface area contributed by atoms with E-state index in [2.05, 4.69) is 43.0 Å². The molecular formula is C15H19NO. The maximum atomic E-state index is 11.2. The van der Waals surface area contributed by atoms with Crippen molar-refractivity contribution in [3.8, 4) is 0 Å². The molecule has 0 fully saturated rings. The summed E-state index contributed by atoms with van der Waals surface area (Å²) in [5.74, 6) is 0.255. The number of hydrogen-bond acceptors (Lipinski definition) is 2. The van der Waals surface area contributed by atoms with Crippen molar-refractivity contribution in [1.82, 2.24) is 0 Å². The van der Waals surface area contributed by atoms with Crippen molar-refractivity contribution in [3.05, 3.63) is 41.0 Å². The summed E-state index contributed by atoms with van der Waals surface area (Å²) in [6.07, 6.45) is 0.605. The van der Waals surface area contributed by atoms with E-state index in [1.807, 2.05) is 0 Å². The van der Waals surface area contributed by atoms with Gasteiger partial charge in [-0.05, 0) is 38.5 Å². The van der Waals surface area contributed by atoms with Gasteiger partial charge in [-0.25, -0.2) is 0 Å². The molecule has 17 heavy (non-hydrogen) atoms. The van der Waals surface area contributed by atoms with Crippen LogP contribution in [0.1, 0.15) is 25.8 Å². The lowest BCUT2D eigenvalue weighted by Crippen LogP contribution is -2.20. The molecule has 0 bridgehead atoms. The van der Waals surface area contributed by atoms with E-state index in [1.54, 1.807) is 6.92 Å². The number of Topliss-reactive ketones (excluding diaryl/α,β-unsaturated/α-hetero) is 1. The van der Waals surface area contributed by atoms with E-state index in [0.29, 0.717) is 6.42 Å². The number of anilines is 1. The molecule has 1 aliphatic heterocycles. The van der Waals surface area contributed by atoms with Crippen molar-refractivity contribution in [3.63, 3.8) is 0 Å². The summed E-state index contributed by atoms with van der Waals surface area (Å²) in [4.78, 5) is 13.5. The van der Waals surface area contributed by atoms with Gasteiger partial charge in [-0.2, -0.15) is 0 Å². The highest BCUT2D eigenvalue weighted by Crippen LogP contribution is 2.26. The van der Waals surface area contributed by atoms with Gasteiger partial charge in [-0.1, -0.05) is 23.3 Å². The summed E-state index contributed by atoms with van der Waals surface area (Å²) in [5.41, 5.74) is 5.16. The molecule has 2 heteroatoms. The number of benzene rings is 1. The molecule has 0 N–H and O–H groups in total. The number of carbonyl (C=O) groups excluding carboxylic acids is 1. The highest BCUT2D eigenvalue weighted by Gasteiger charge is 2.19. The molecule has 0 aromatic heterocycles. The first-order valence-corrected chi connectivity index (χ1v) is 6.05. The van der Waals surface area contributed by atoms with Gasteiger partial charge in [0.15, 0.2) is 0 Å². The number of carbonyl (C=O) groups is 1. The largest absolute Gasteiger partial charge is 0.364 e. The smallest absolute Gasteiger partial charge is 0.133 e. The Kier molecular flexibility index (Phi) is 3.32. The molecule has 0 radical (unpaired) electrons. The lowest BCUT2D eigenvalue weighted by atomic mass is 10.1. The average Bonchev–Trinajstić information content (AvgIpc) is 2.60. The van der Waals surface area contributed by atoms with E-state index in [0.717, 1.165) is 13.1 Å². The van der Waals surface area contributed by atoms with Gasteiger partial charge in [-0.15, -0.1) is 0 Å². The Balaban J connectivity index is 2.09. The van der Waals surface area contributed by atoms with E-state index in [4.69, 9.17) is 0 Å². The Bertz CT molecular complexity index is 456. The van der Waals surface area contributed by atoms with Gasteiger partial charge >= 0.3 is 0 Å². The fraction of sp³-hybridized carbons (Fsp3) is 0.400. The van der Waals surface area contributed by atoms with E-state index >= 15 is 0 Å². The van der Waals surface area contributed by atoms with Gasteiger partial charge in [0.25, 0.3) is 0 Å². The SMILES string of the molecule is CC(=O)CC1=C(C)CN(c2ccc(C)cc2)C1. The van der Waals surface area contributed by atoms with Crippen LogP contribution in [-0.4, -0.2) is 18.9 Å². The van der Waals surface area contributed by atoms with Crippen LogP contribution >= 0.6 is 0 Å². The minimum Gasteiger partial charge on any atom is -0.364 e. The summed E-state index contributed by atoms with van der Waals surface area (Å²) in [6, 6.07) is 8.57. The predicted octanol–water partition coefficient (Wildman–Crippen LogP) is 3.11. The highest BCUT2D eigenvalue weighted by atomic mass is 16.1. The Morgan fingerprint density at radius 2 is 1.82 bits per heavy atom. The molecule has 1 aromatic rings. The van der Waals surface area contributed by atoms with Gasteiger partial charge in [0.2, 0.25) is 0 Å². The van der Waals surface area contributed by atoms with Crippen LogP contribution in [0.5, 0.6) is 0 Å². The van der Waals surface area contributed by atoms with Crippen LogP contribution < -0.4 is 4.90 Å². The molecule has 0 amide bonds. The number of nitrogens with zero attached hydrogens (tertiary/aromatic N) is 1. The van der Waals surface area contributed by atoms with Crippen molar-refractivity contribution in [2.75, 3.05) is 18.0 Å². The number of aryl methyl sites for hydroxylation is 1. The molecule has 1 aromatic carbocycles. The standard InChI is InChI=1S/C15H19NO/c1-11-4-6-15(7-5-11)16-9-12(2)14(10-16)8-13(3)17/h4-7H,8-10H2,1-3H3. The molecule has 0 spiro atoms. The Hall–Kier alpha value is -1.57. The number of rotatable bonds is 3. The monoisotopic (exact) mass is 229 g/mol. The van der Waals surface area contributed by atoms with Gasteiger partial charge < -0.3 is 4.90 Å². The van der Waals surface area contributed by atoms with Gasteiger partial charge in [0.05, 0.1) is 0 Å². The van der Waals surface area contributed by atoms with Gasteiger partial charge in [0.1, 0.15) is 5.78 Å². The lowest BCUT2D eigenvalue weighted by molar-refractivity contribution is -0.116. The summed E-state index contributed by atoms with van der Waals surface area (Å²) in [7, 11) is 0. The fourth-order valence-corrected chi connectivity index (χ4v) is 2.26. The molecule has 0 unspecified atom stereocenters. The summed E-state index contributed by atoms with van der Waals surface area (Å²) < 4.78 is 0. The maximum Gasteiger partial charge on any atom is 0.133 e. The second-order valence-corrected chi connectivity index (χ2v) is 4.95. The first-order valence-electron chi connectivity index (χ1n) is 6.05. The van der Waals surface area contributed by atoms with Crippen molar-refractivity contribution >= 4 is 11.5 Å². The van der Waals surface area contributed by atoms with Crippen molar-refractivity contribution < 1.29 is 4.79 Å². The molecule has 1 heterocycles. The third kappa shape index (κ3) is 2.76. The van der Waals surface area contributed by atoms with E-state index in [1.165, 1.54) is 22.4 Å². The van der Waals surface area contributed by atoms with Gasteiger partial charge in [0, 0.05) is 25.2 Å². The van der Waals surface area contributed by atoms with Crippen LogP contribution in [0.3, 0.4) is 0 Å². The molecule has 0 atom stereocenters. The van der Waals surface area contributed by atoms with E-state index < -0.39 is 0 Å². The minimum atomic E-state index is 0.255. The highest BCUT2D eigenvalue weighted by molar-refractivity contribution is 5.79. The van der Waals surface area contributed by atoms with Crippen LogP contribution in [0, 0.1) is 6.92 Å². The molecule has 2 nitrogen and oxygen atoms in total. The van der Waals surface area contributed by atoms with E-state index in [9.17, 15) is 4.79 Å². The second-order valence-electron chi connectivity index (χ2n) is 4.95. The minimum absolute atomic E-state index is 0.255. The molecule has 1 aliphatic rings. The Labute approximate surface area is 103 Å². The third-order valence-corrected chi connectivity index (χ3v) is 3.27. The van der Waals surface area contributed by atoms with E-state index in [-0.39, 0.29) is 5.78 Å². The van der Waals surface area contributed by atoms with Crippen LogP contribution in [0.15, 0.2) is 35.4 Å². The molecule has 0 aliphatic carbocycles. The van der Waals surface area contributed by atoms with Crippen LogP contribution in [0.4, 0.5) is 5.69 Å². The molecule has 0 saturated carbocycles. The maximum absolute atomic E-state index is 11.2. The number of ketones is 1. The van der Waals surface area contributed by atoms with Crippen LogP contribution in [0.2, 0.25) is 0 Å². The second kappa shape index (κ2) is 4.74. The third-order valence-electron chi connectivity index (χ3n) is 3.27. The first-order chi connectivity index (χ1) is 8.06. The Morgan fingerprint density at radius 1 is 1.18 bits per heavy atom. The van der Waals surface area contributed by atoms with Crippen molar-refractivity contribution in [2.45, 2.75) is 27.2 Å². The van der Waals surface area contributed by atoms with Crippen molar-refractivity contribution in [1.29, 1.82) is 0 Å². The first kappa shape index (κ1) is 11.9. The lowest BCUT2D eigenvalue weighted by Gasteiger charge is -2.19. The molecule has 90 valence electrons. The topological polar surface area (TPSA) is 20.3 Å². The molecule has 0 saturated heterocycles. The predicted molar refractivity (Wildman–Crippen MR) is 71.4 cm³/mol. The summed E-state index contributed by atoms with van der Waals surface area (Å²) in [5, 5.41) is 0. The average molecular weight is 229 g/mol. The molecule has 2 rings (SSSR count). The quantitative estimate of drug-likeness (QED) is 0.742. The number of hydrogen-bond donors (Lipinski definition) is 0. The fourth-order valence-electron chi connectivity index (χ4n) is 2.26. The molecular weight excluding hydrogens is 210 g/mol. The zero-order chi connectivity index (χ0) is 12.4. The van der Waals surface area contributed by atoms with Crippen LogP contribution in [0.25, 0.3) is 0 Å². The normalized spacial score (nSPS) is 15.6. The Morgan fingerprint density at radius 3 is 2.41 bits per heavy atom. The van der Waals surface area contributed by atoms with Crippen molar-refractivity contribution in [2.24, 2.45) is 0 Å². The zero-order valence-corrected chi connectivity index (χ0v) is 10.8. The van der Waals surface area contributed by atoms with Gasteiger partial charge in [-0.3, -0.25) is 4.79 Å².